The Hall–Kier alpha value is -2.47. The van der Waals surface area contributed by atoms with Crippen molar-refractivity contribution in [1.29, 1.82) is 0 Å². The summed E-state index contributed by atoms with van der Waals surface area (Å²) in [5.41, 5.74) is 8.34. The highest BCUT2D eigenvalue weighted by molar-refractivity contribution is 5.97. The van der Waals surface area contributed by atoms with Crippen LogP contribution in [0.3, 0.4) is 0 Å². The van der Waals surface area contributed by atoms with Crippen molar-refractivity contribution in [3.05, 3.63) is 53.5 Å². The number of hydrogen-bond acceptors (Lipinski definition) is 5. The molecule has 0 radical (unpaired) electrons. The second-order valence-electron chi connectivity index (χ2n) is 5.80. The predicted molar refractivity (Wildman–Crippen MR) is 88.6 cm³/mol. The zero-order chi connectivity index (χ0) is 16.1. The van der Waals surface area contributed by atoms with Crippen molar-refractivity contribution in [1.82, 2.24) is 20.2 Å². The van der Waals surface area contributed by atoms with E-state index in [-0.39, 0.29) is 11.7 Å². The van der Waals surface area contributed by atoms with Gasteiger partial charge in [-0.15, -0.1) is 0 Å². The lowest BCUT2D eigenvalue weighted by Gasteiger charge is -2.14. The van der Waals surface area contributed by atoms with Crippen molar-refractivity contribution in [2.24, 2.45) is 0 Å². The van der Waals surface area contributed by atoms with Crippen molar-refractivity contribution >= 4 is 11.7 Å². The molecule has 6 nitrogen and oxygen atoms in total. The van der Waals surface area contributed by atoms with Gasteiger partial charge >= 0.3 is 0 Å². The molecule has 1 aromatic heterocycles. The van der Waals surface area contributed by atoms with Gasteiger partial charge in [0, 0.05) is 19.3 Å². The topological polar surface area (TPSA) is 84.1 Å². The van der Waals surface area contributed by atoms with Gasteiger partial charge in [0.15, 0.2) is 0 Å². The molecule has 1 aromatic carbocycles. The number of carbonyl (C=O) groups is 1. The summed E-state index contributed by atoms with van der Waals surface area (Å²) in [6, 6.07) is 8.35. The Balaban J connectivity index is 1.54. The van der Waals surface area contributed by atoms with Crippen molar-refractivity contribution in [3.8, 4) is 0 Å². The molecule has 0 unspecified atom stereocenters. The van der Waals surface area contributed by atoms with E-state index in [4.69, 9.17) is 5.73 Å². The minimum absolute atomic E-state index is 0.193. The maximum Gasteiger partial charge on any atom is 0.256 e. The second-order valence-corrected chi connectivity index (χ2v) is 5.80. The number of carbonyl (C=O) groups excluding carboxylic acids is 1. The summed E-state index contributed by atoms with van der Waals surface area (Å²) in [7, 11) is 0. The number of benzene rings is 1. The van der Waals surface area contributed by atoms with Crippen molar-refractivity contribution in [2.75, 3.05) is 18.8 Å². The number of nitrogen functional groups attached to an aromatic ring is 1. The number of nitrogens with two attached hydrogens (primary N) is 1. The molecule has 3 N–H and O–H groups in total. The van der Waals surface area contributed by atoms with E-state index >= 15 is 0 Å². The summed E-state index contributed by atoms with van der Waals surface area (Å²) in [6.07, 6.45) is 5.36. The molecular weight excluding hydrogens is 290 g/mol. The monoisotopic (exact) mass is 311 g/mol. The lowest BCUT2D eigenvalue weighted by atomic mass is 10.1. The van der Waals surface area contributed by atoms with Gasteiger partial charge in [-0.3, -0.25) is 9.69 Å². The Kier molecular flexibility index (Phi) is 4.83. The highest BCUT2D eigenvalue weighted by Crippen LogP contribution is 2.13. The molecule has 1 aliphatic heterocycles. The molecule has 0 atom stereocenters. The van der Waals surface area contributed by atoms with Crippen LogP contribution in [0, 0.1) is 0 Å². The molecule has 6 heteroatoms. The fraction of sp³-hybridized carbons (Fsp3) is 0.353. The van der Waals surface area contributed by atoms with Gasteiger partial charge in [-0.2, -0.15) is 0 Å². The summed E-state index contributed by atoms with van der Waals surface area (Å²) in [6.45, 7) is 3.85. The molecule has 2 heterocycles. The zero-order valence-corrected chi connectivity index (χ0v) is 13.0. The lowest BCUT2D eigenvalue weighted by Crippen LogP contribution is -2.24. The molecule has 1 aliphatic rings. The molecule has 0 saturated carbocycles. The first-order valence-corrected chi connectivity index (χ1v) is 7.86. The maximum atomic E-state index is 12.1. The minimum atomic E-state index is -0.260. The van der Waals surface area contributed by atoms with E-state index in [0.29, 0.717) is 12.1 Å². The highest BCUT2D eigenvalue weighted by atomic mass is 16.1. The molecule has 1 amide bonds. The molecule has 0 aliphatic carbocycles. The quantitative estimate of drug-likeness (QED) is 0.876. The Morgan fingerprint density at radius 1 is 1.17 bits per heavy atom. The van der Waals surface area contributed by atoms with E-state index in [2.05, 4.69) is 44.5 Å². The SMILES string of the molecule is Nc1ncncc1C(=O)NCc1ccc(CN2CCCC2)cc1. The molecule has 0 spiro atoms. The van der Waals surface area contributed by atoms with Gasteiger partial charge < -0.3 is 11.1 Å². The Morgan fingerprint density at radius 2 is 1.87 bits per heavy atom. The normalized spacial score (nSPS) is 14.8. The van der Waals surface area contributed by atoms with Crippen molar-refractivity contribution in [3.63, 3.8) is 0 Å². The van der Waals surface area contributed by atoms with E-state index < -0.39 is 0 Å². The fourth-order valence-corrected chi connectivity index (χ4v) is 2.75. The van der Waals surface area contributed by atoms with Gasteiger partial charge in [0.05, 0.1) is 5.56 Å². The summed E-state index contributed by atoms with van der Waals surface area (Å²) >= 11 is 0. The van der Waals surface area contributed by atoms with Crippen LogP contribution >= 0.6 is 0 Å². The van der Waals surface area contributed by atoms with Gasteiger partial charge in [0.2, 0.25) is 0 Å². The van der Waals surface area contributed by atoms with E-state index in [1.54, 1.807) is 0 Å². The largest absolute Gasteiger partial charge is 0.383 e. The van der Waals surface area contributed by atoms with Crippen molar-refractivity contribution < 1.29 is 4.79 Å². The Morgan fingerprint density at radius 3 is 2.57 bits per heavy atom. The molecule has 1 fully saturated rings. The molecule has 1 saturated heterocycles. The van der Waals surface area contributed by atoms with Crippen LogP contribution < -0.4 is 11.1 Å². The average molecular weight is 311 g/mol. The number of amides is 1. The molecule has 3 rings (SSSR count). The smallest absolute Gasteiger partial charge is 0.256 e. The van der Waals surface area contributed by atoms with Gasteiger partial charge in [-0.05, 0) is 37.1 Å². The zero-order valence-electron chi connectivity index (χ0n) is 13.0. The number of hydrogen-bond donors (Lipinski definition) is 2. The fourth-order valence-electron chi connectivity index (χ4n) is 2.75. The summed E-state index contributed by atoms with van der Waals surface area (Å²) < 4.78 is 0. The van der Waals surface area contributed by atoms with Crippen LogP contribution in [0.1, 0.15) is 34.3 Å². The van der Waals surface area contributed by atoms with E-state index in [9.17, 15) is 4.79 Å². The third kappa shape index (κ3) is 4.04. The second kappa shape index (κ2) is 7.19. The maximum absolute atomic E-state index is 12.1. The minimum Gasteiger partial charge on any atom is -0.383 e. The molecular formula is C17H21N5O. The van der Waals surface area contributed by atoms with E-state index in [1.807, 2.05) is 0 Å². The Labute approximate surface area is 135 Å². The Bertz CT molecular complexity index is 665. The van der Waals surface area contributed by atoms with Crippen LogP contribution in [0.5, 0.6) is 0 Å². The third-order valence-corrected chi connectivity index (χ3v) is 4.07. The van der Waals surface area contributed by atoms with Crippen molar-refractivity contribution in [2.45, 2.75) is 25.9 Å². The first kappa shape index (κ1) is 15.4. The predicted octanol–water partition coefficient (Wildman–Crippen LogP) is 1.58. The van der Waals surface area contributed by atoms with E-state index in [1.165, 1.54) is 44.0 Å². The number of nitrogens with one attached hydrogen (secondary N) is 1. The first-order chi connectivity index (χ1) is 11.2. The van der Waals surface area contributed by atoms with Crippen LogP contribution in [-0.2, 0) is 13.1 Å². The van der Waals surface area contributed by atoms with Gasteiger partial charge in [-0.25, -0.2) is 9.97 Å². The van der Waals surface area contributed by atoms with Gasteiger partial charge in [-0.1, -0.05) is 24.3 Å². The van der Waals surface area contributed by atoms with Gasteiger partial charge in [0.1, 0.15) is 12.1 Å². The number of likely N-dealkylation sites (tertiary alicyclic amines) is 1. The summed E-state index contributed by atoms with van der Waals surface area (Å²) in [5, 5.41) is 2.84. The summed E-state index contributed by atoms with van der Waals surface area (Å²) in [4.78, 5) is 22.2. The molecule has 23 heavy (non-hydrogen) atoms. The highest BCUT2D eigenvalue weighted by Gasteiger charge is 2.12. The third-order valence-electron chi connectivity index (χ3n) is 4.07. The van der Waals surface area contributed by atoms with Crippen LogP contribution in [-0.4, -0.2) is 33.9 Å². The molecule has 0 bridgehead atoms. The van der Waals surface area contributed by atoms with Crippen LogP contribution in [0.4, 0.5) is 5.82 Å². The summed E-state index contributed by atoms with van der Waals surface area (Å²) in [5.74, 6) is -0.0669. The standard InChI is InChI=1S/C17H21N5O/c18-16-15(10-19-12-21-16)17(23)20-9-13-3-5-14(6-4-13)11-22-7-1-2-8-22/h3-6,10,12H,1-2,7-9,11H2,(H,20,23)(H2,18,19,21). The molecule has 120 valence electrons. The van der Waals surface area contributed by atoms with Crippen LogP contribution in [0.15, 0.2) is 36.8 Å². The van der Waals surface area contributed by atoms with Gasteiger partial charge in [0.25, 0.3) is 5.91 Å². The van der Waals surface area contributed by atoms with Crippen LogP contribution in [0.2, 0.25) is 0 Å². The number of aromatic nitrogens is 2. The van der Waals surface area contributed by atoms with Crippen LogP contribution in [0.25, 0.3) is 0 Å². The van der Waals surface area contributed by atoms with E-state index in [0.717, 1.165) is 12.1 Å². The number of rotatable bonds is 5. The lowest BCUT2D eigenvalue weighted by molar-refractivity contribution is 0.0951. The molecule has 2 aromatic rings. The number of nitrogens with zero attached hydrogens (tertiary/aromatic N) is 3. The first-order valence-electron chi connectivity index (χ1n) is 7.86. The average Bonchev–Trinajstić information content (AvgIpc) is 3.07. The number of anilines is 1.